The number of aromatic carboxylic acids is 1. The molecule has 0 aromatic heterocycles. The third kappa shape index (κ3) is 38.4. The van der Waals surface area contributed by atoms with Gasteiger partial charge in [-0.25, -0.2) is 67.9 Å². The van der Waals surface area contributed by atoms with E-state index in [1.165, 1.54) is 12.8 Å². The topological polar surface area (TPSA) is 201 Å². The molecule has 0 saturated carbocycles. The zero-order valence-corrected chi connectivity index (χ0v) is 55.8. The van der Waals surface area contributed by atoms with Gasteiger partial charge in [0.15, 0.2) is 17.4 Å². The normalized spacial score (nSPS) is 11.2. The molecule has 14 nitrogen and oxygen atoms in total. The molecule has 5 aromatic rings. The SMILES string of the molecule is C1CCOC1.CC(C)(C)OC(=O)c1cc(F)c(CO)c(F)c1.CC(C)(C)OC(=O)c1cc(F)cc(F)c1.CCc1c(F)cc(C(=O)OC(C)(C)C)cc1F.CO.COc1c(F)cc(C(=O)OC(C)(C)C)cc1F.ClCCl.O=C(O)c1cc(F)cc(F)c1.[B].[H-].[Na+]. The fraction of sp³-hybridized carbons (Fsp3) is 0.426. The summed E-state index contributed by atoms with van der Waals surface area (Å²) >= 11 is 9.53. The van der Waals surface area contributed by atoms with E-state index in [9.17, 15) is 67.9 Å². The number of carboxylic acids is 1. The summed E-state index contributed by atoms with van der Waals surface area (Å²) in [5.41, 5.74) is -4.31. The first kappa shape index (κ1) is 89.5. The number of carbonyl (C=O) groups is 5. The van der Waals surface area contributed by atoms with E-state index in [0.29, 0.717) is 12.1 Å². The molecule has 1 aliphatic heterocycles. The number of methoxy groups -OCH3 is 1. The van der Waals surface area contributed by atoms with Crippen LogP contribution in [0.15, 0.2) is 72.8 Å². The molecule has 6 rings (SSSR count). The Bertz CT molecular complexity index is 2710. The Hall–Kier alpha value is -5.93. The molecular weight excluding hydrogens is 1250 g/mol. The first-order valence-electron chi connectivity index (χ1n) is 25.8. The summed E-state index contributed by atoms with van der Waals surface area (Å²) in [4.78, 5) is 56.3. The molecular formula is C61H75BCl2F10NaO14. The zero-order valence-electron chi connectivity index (χ0n) is 53.3. The van der Waals surface area contributed by atoms with Crippen molar-refractivity contribution in [3.63, 3.8) is 0 Å². The van der Waals surface area contributed by atoms with Crippen molar-refractivity contribution in [3.8, 4) is 5.75 Å². The fourth-order valence-electron chi connectivity index (χ4n) is 6.01. The molecule has 89 heavy (non-hydrogen) atoms. The van der Waals surface area contributed by atoms with Crippen molar-refractivity contribution >= 4 is 61.5 Å². The number of carbonyl (C=O) groups excluding carboxylic acids is 4. The van der Waals surface area contributed by atoms with Gasteiger partial charge in [-0.2, -0.15) is 0 Å². The number of esters is 4. The van der Waals surface area contributed by atoms with E-state index in [1.54, 1.807) is 90.0 Å². The standard InChI is InChI=1S/C13H16F2O2.2C12H14F2O3.C11H12F2O2.C7H4F2O2.C4H8O.CH2Cl2.CH4O.B.Na.H/c1-5-9-10(14)6-8(7-11(9)15)12(16)17-13(2,3)4;1-12(2,3)17-11(15)7-5-8(13)10(16-4)9(14)6-7;1-12(2,3)17-11(16)7-4-9(13)8(6-15)10(14)5-7;1-11(2,3)15-10(14)7-4-8(12)6-9(13)5-7;8-5-1-4(7(10)11)2-6(9)3-5;1-2-4-5-3-1;2-1-3;1-2;;;/h6-7H,5H2,1-4H3;5-6H,1-4H3;4-5,15H,6H2,1-3H3;4-6H,1-3H3;1-3H,(H,10,11);1-4H2;1H2;2H,1H3;;;/q;;;;;;;;;+1;-1. The molecule has 5 aromatic carbocycles. The zero-order chi connectivity index (χ0) is 68.0. The maximum atomic E-state index is 13.5. The molecule has 1 heterocycles. The van der Waals surface area contributed by atoms with E-state index in [-0.39, 0.29) is 84.5 Å². The van der Waals surface area contributed by atoms with Gasteiger partial charge in [0.05, 0.1) is 46.9 Å². The molecule has 3 N–H and O–H groups in total. The second-order valence-electron chi connectivity index (χ2n) is 21.4. The van der Waals surface area contributed by atoms with Gasteiger partial charge in [-0.05, 0) is 163 Å². The van der Waals surface area contributed by atoms with E-state index in [0.717, 1.165) is 88.1 Å². The molecule has 0 spiro atoms. The second-order valence-corrected chi connectivity index (χ2v) is 22.2. The Kier molecular flexibility index (Phi) is 43.2. The molecule has 1 fully saturated rings. The maximum absolute atomic E-state index is 13.5. The third-order valence-electron chi connectivity index (χ3n) is 9.33. The van der Waals surface area contributed by atoms with Crippen LogP contribution in [0.1, 0.15) is 167 Å². The van der Waals surface area contributed by atoms with Crippen LogP contribution in [-0.4, -0.2) is 109 Å². The van der Waals surface area contributed by atoms with Gasteiger partial charge < -0.3 is 45.2 Å². The van der Waals surface area contributed by atoms with Gasteiger partial charge >= 0.3 is 59.4 Å². The van der Waals surface area contributed by atoms with Crippen molar-refractivity contribution in [3.05, 3.63) is 170 Å². The van der Waals surface area contributed by atoms with Crippen LogP contribution in [0.3, 0.4) is 0 Å². The number of benzene rings is 5. The minimum Gasteiger partial charge on any atom is -1.00 e. The molecule has 1 saturated heterocycles. The van der Waals surface area contributed by atoms with Gasteiger partial charge in [0.1, 0.15) is 68.9 Å². The summed E-state index contributed by atoms with van der Waals surface area (Å²) in [6.07, 6.45) is 2.80. The summed E-state index contributed by atoms with van der Waals surface area (Å²) < 4.78 is 160. The summed E-state index contributed by atoms with van der Waals surface area (Å²) in [7, 11) is 2.15. The van der Waals surface area contributed by atoms with Crippen LogP contribution in [-0.2, 0) is 36.7 Å². The summed E-state index contributed by atoms with van der Waals surface area (Å²) in [5.74, 6) is -13.5. The Labute approximate surface area is 547 Å². The number of halogens is 12. The van der Waals surface area contributed by atoms with Gasteiger partial charge in [0, 0.05) is 52.0 Å². The van der Waals surface area contributed by atoms with Crippen molar-refractivity contribution in [1.29, 1.82) is 0 Å². The van der Waals surface area contributed by atoms with Crippen molar-refractivity contribution in [1.82, 2.24) is 0 Å². The van der Waals surface area contributed by atoms with E-state index in [2.05, 4.69) is 4.74 Å². The van der Waals surface area contributed by atoms with Crippen LogP contribution in [0.2, 0.25) is 0 Å². The van der Waals surface area contributed by atoms with Gasteiger partial charge in [-0.15, -0.1) is 23.2 Å². The molecule has 0 atom stereocenters. The quantitative estimate of drug-likeness (QED) is 0.0435. The second kappa shape index (κ2) is 43.0. The summed E-state index contributed by atoms with van der Waals surface area (Å²) in [5, 5.41) is 24.2. The van der Waals surface area contributed by atoms with Crippen LogP contribution in [0, 0.1) is 58.2 Å². The first-order valence-corrected chi connectivity index (χ1v) is 26.9. The monoisotopic (exact) mass is 1330 g/mol. The predicted octanol–water partition coefficient (Wildman–Crippen LogP) is 12.0. The first-order chi connectivity index (χ1) is 40.0. The Morgan fingerprint density at radius 2 is 0.708 bits per heavy atom. The van der Waals surface area contributed by atoms with Gasteiger partial charge in [0.25, 0.3) is 0 Å². The van der Waals surface area contributed by atoms with Crippen LogP contribution in [0.5, 0.6) is 5.75 Å². The maximum Gasteiger partial charge on any atom is 1.00 e. The summed E-state index contributed by atoms with van der Waals surface area (Å²) in [6, 6.07) is 10.2. The largest absolute Gasteiger partial charge is 1.00 e. The minimum atomic E-state index is -1.34. The van der Waals surface area contributed by atoms with Crippen molar-refractivity contribution < 1.29 is 143 Å². The number of carboxylic acid groups (broad SMARTS) is 1. The number of aliphatic hydroxyl groups is 2. The Morgan fingerprint density at radius 1 is 0.472 bits per heavy atom. The Balaban J connectivity index is -0.000000320. The van der Waals surface area contributed by atoms with Crippen molar-refractivity contribution in [2.24, 2.45) is 0 Å². The van der Waals surface area contributed by atoms with E-state index < -0.39 is 128 Å². The van der Waals surface area contributed by atoms with Crippen molar-refractivity contribution in [2.75, 3.05) is 32.8 Å². The van der Waals surface area contributed by atoms with Crippen LogP contribution in [0.25, 0.3) is 0 Å². The number of ether oxygens (including phenoxy) is 6. The number of hydrogen-bond acceptors (Lipinski definition) is 13. The Morgan fingerprint density at radius 3 is 0.910 bits per heavy atom. The smallest absolute Gasteiger partial charge is 1.00 e. The number of rotatable bonds is 8. The van der Waals surface area contributed by atoms with Crippen LogP contribution in [0.4, 0.5) is 43.9 Å². The molecule has 491 valence electrons. The van der Waals surface area contributed by atoms with Crippen molar-refractivity contribution in [2.45, 2.75) is 138 Å². The van der Waals surface area contributed by atoms with Crippen LogP contribution < -0.4 is 34.3 Å². The average molecular weight is 1330 g/mol. The molecule has 28 heteroatoms. The predicted molar refractivity (Wildman–Crippen MR) is 313 cm³/mol. The molecule has 0 unspecified atom stereocenters. The number of hydrogen-bond donors (Lipinski definition) is 3. The number of alkyl halides is 2. The van der Waals surface area contributed by atoms with Gasteiger partial charge in [-0.3, -0.25) is 0 Å². The third-order valence-corrected chi connectivity index (χ3v) is 9.33. The molecule has 0 amide bonds. The molecule has 3 radical (unpaired) electrons. The average Bonchev–Trinajstić information content (AvgIpc) is 3.96. The molecule has 0 aliphatic carbocycles. The van der Waals surface area contributed by atoms with Gasteiger partial charge in [-0.1, -0.05) is 6.92 Å². The summed E-state index contributed by atoms with van der Waals surface area (Å²) in [6.45, 7) is 23.0. The molecule has 0 bridgehead atoms. The molecule has 1 aliphatic rings. The minimum absolute atomic E-state index is 0. The number of aliphatic hydroxyl groups excluding tert-OH is 2. The van der Waals surface area contributed by atoms with Crippen LogP contribution >= 0.6 is 23.2 Å². The fourth-order valence-corrected chi connectivity index (χ4v) is 6.01. The van der Waals surface area contributed by atoms with E-state index >= 15 is 0 Å². The van der Waals surface area contributed by atoms with Gasteiger partial charge in [0.2, 0.25) is 0 Å². The van der Waals surface area contributed by atoms with E-state index in [1.807, 2.05) is 0 Å². The van der Waals surface area contributed by atoms with E-state index in [4.69, 9.17) is 62.2 Å².